The number of aliphatic hydroxyl groups excluding tert-OH is 1. The smallest absolute Gasteiger partial charge is 0.104 e. The predicted octanol–water partition coefficient (Wildman–Crippen LogP) is 1.58. The second kappa shape index (κ2) is 3.96. The van der Waals surface area contributed by atoms with Crippen LogP contribution in [0.5, 0.6) is 0 Å². The lowest BCUT2D eigenvalue weighted by molar-refractivity contribution is 0.135. The van der Waals surface area contributed by atoms with E-state index in [1.165, 1.54) is 5.56 Å². The van der Waals surface area contributed by atoms with Crippen molar-refractivity contribution in [3.05, 3.63) is 47.8 Å². The van der Waals surface area contributed by atoms with Crippen molar-refractivity contribution in [1.29, 1.82) is 0 Å². The van der Waals surface area contributed by atoms with Gasteiger partial charge in [-0.05, 0) is 24.5 Å². The normalized spacial score (nSPS) is 20.2. The summed E-state index contributed by atoms with van der Waals surface area (Å²) in [7, 11) is 1.90. The number of fused-ring (bicyclic) bond motifs is 1. The minimum atomic E-state index is -0.515. The van der Waals surface area contributed by atoms with Gasteiger partial charge < -0.3 is 9.67 Å². The standard InChI is InChI=1S/C13H15N3O/c1-16-8-14-7-11(16)13(17)10-5-4-9-3-2-6-15-12(9)10/h2-3,6-8,10,13,17H,4-5H2,1H3. The largest absolute Gasteiger partial charge is 0.386 e. The van der Waals surface area contributed by atoms with E-state index in [0.29, 0.717) is 0 Å². The molecule has 0 aliphatic heterocycles. The van der Waals surface area contributed by atoms with Gasteiger partial charge in [0.25, 0.3) is 0 Å². The van der Waals surface area contributed by atoms with Crippen LogP contribution in [0.3, 0.4) is 0 Å². The number of hydrogen-bond donors (Lipinski definition) is 1. The van der Waals surface area contributed by atoms with Crippen LogP contribution in [0.4, 0.5) is 0 Å². The van der Waals surface area contributed by atoms with E-state index < -0.39 is 6.10 Å². The predicted molar refractivity (Wildman–Crippen MR) is 63.5 cm³/mol. The molecule has 0 saturated carbocycles. The highest BCUT2D eigenvalue weighted by molar-refractivity contribution is 5.30. The Morgan fingerprint density at radius 2 is 2.41 bits per heavy atom. The van der Waals surface area contributed by atoms with E-state index in [0.717, 1.165) is 24.2 Å². The van der Waals surface area contributed by atoms with E-state index in [9.17, 15) is 5.11 Å². The summed E-state index contributed by atoms with van der Waals surface area (Å²) >= 11 is 0. The highest BCUT2D eigenvalue weighted by atomic mass is 16.3. The Kier molecular flexibility index (Phi) is 2.44. The Balaban J connectivity index is 1.95. The Bertz CT molecular complexity index is 535. The zero-order valence-electron chi connectivity index (χ0n) is 9.74. The van der Waals surface area contributed by atoms with Crippen LogP contribution in [-0.2, 0) is 13.5 Å². The Labute approximate surface area is 100.0 Å². The van der Waals surface area contributed by atoms with Gasteiger partial charge in [-0.2, -0.15) is 0 Å². The summed E-state index contributed by atoms with van der Waals surface area (Å²) in [6.07, 6.45) is 6.69. The lowest BCUT2D eigenvalue weighted by Gasteiger charge is -2.18. The van der Waals surface area contributed by atoms with Crippen LogP contribution in [0.1, 0.15) is 35.4 Å². The summed E-state index contributed by atoms with van der Waals surface area (Å²) in [4.78, 5) is 8.46. The topological polar surface area (TPSA) is 50.9 Å². The zero-order chi connectivity index (χ0) is 11.8. The van der Waals surface area contributed by atoms with Crippen molar-refractivity contribution in [3.8, 4) is 0 Å². The summed E-state index contributed by atoms with van der Waals surface area (Å²) < 4.78 is 1.87. The lowest BCUT2D eigenvalue weighted by Crippen LogP contribution is -2.12. The van der Waals surface area contributed by atoms with E-state index in [1.54, 1.807) is 18.7 Å². The number of aryl methyl sites for hydroxylation is 2. The van der Waals surface area contributed by atoms with E-state index in [-0.39, 0.29) is 5.92 Å². The summed E-state index contributed by atoms with van der Waals surface area (Å²) in [5.74, 6) is 0.0987. The van der Waals surface area contributed by atoms with Crippen molar-refractivity contribution < 1.29 is 5.11 Å². The first-order chi connectivity index (χ1) is 8.27. The van der Waals surface area contributed by atoms with E-state index in [2.05, 4.69) is 16.0 Å². The molecule has 2 aromatic rings. The molecule has 0 aromatic carbocycles. The Morgan fingerprint density at radius 3 is 3.18 bits per heavy atom. The molecule has 2 atom stereocenters. The SMILES string of the molecule is Cn1cncc1C(O)C1CCc2cccnc21. The monoisotopic (exact) mass is 229 g/mol. The van der Waals surface area contributed by atoms with Crippen molar-refractivity contribution in [2.75, 3.05) is 0 Å². The highest BCUT2D eigenvalue weighted by Crippen LogP contribution is 2.39. The van der Waals surface area contributed by atoms with Gasteiger partial charge in [0, 0.05) is 24.9 Å². The molecule has 0 radical (unpaired) electrons. The maximum absolute atomic E-state index is 10.4. The molecule has 3 rings (SSSR count). The molecular formula is C13H15N3O. The van der Waals surface area contributed by atoms with Gasteiger partial charge in [0.15, 0.2) is 0 Å². The summed E-state index contributed by atoms with van der Waals surface area (Å²) in [6, 6.07) is 4.05. The van der Waals surface area contributed by atoms with Gasteiger partial charge in [-0.15, -0.1) is 0 Å². The molecule has 2 aromatic heterocycles. The lowest BCUT2D eigenvalue weighted by atomic mass is 9.97. The molecule has 4 nitrogen and oxygen atoms in total. The fourth-order valence-electron chi connectivity index (χ4n) is 2.61. The maximum Gasteiger partial charge on any atom is 0.104 e. The molecular weight excluding hydrogens is 214 g/mol. The van der Waals surface area contributed by atoms with Gasteiger partial charge in [0.2, 0.25) is 0 Å². The molecule has 0 fully saturated rings. The third-order valence-electron chi connectivity index (χ3n) is 3.54. The highest BCUT2D eigenvalue weighted by Gasteiger charge is 2.31. The number of imidazole rings is 1. The minimum absolute atomic E-state index is 0.0987. The van der Waals surface area contributed by atoms with Crippen molar-refractivity contribution in [3.63, 3.8) is 0 Å². The Morgan fingerprint density at radius 1 is 1.53 bits per heavy atom. The van der Waals surface area contributed by atoms with Gasteiger partial charge in [-0.1, -0.05) is 6.07 Å². The molecule has 17 heavy (non-hydrogen) atoms. The second-order valence-corrected chi connectivity index (χ2v) is 4.57. The van der Waals surface area contributed by atoms with Crippen molar-refractivity contribution >= 4 is 0 Å². The number of rotatable bonds is 2. The average molecular weight is 229 g/mol. The third-order valence-corrected chi connectivity index (χ3v) is 3.54. The molecule has 2 unspecified atom stereocenters. The first-order valence-electron chi connectivity index (χ1n) is 5.85. The number of aromatic nitrogens is 3. The van der Waals surface area contributed by atoms with Gasteiger partial charge in [-0.3, -0.25) is 4.98 Å². The van der Waals surface area contributed by atoms with Crippen LogP contribution in [0.25, 0.3) is 0 Å². The molecule has 0 bridgehead atoms. The van der Waals surface area contributed by atoms with Gasteiger partial charge in [-0.25, -0.2) is 4.98 Å². The van der Waals surface area contributed by atoms with Crippen molar-refractivity contribution in [2.45, 2.75) is 24.9 Å². The minimum Gasteiger partial charge on any atom is -0.386 e. The van der Waals surface area contributed by atoms with Gasteiger partial charge >= 0.3 is 0 Å². The number of nitrogens with zero attached hydrogens (tertiary/aromatic N) is 3. The third kappa shape index (κ3) is 1.65. The second-order valence-electron chi connectivity index (χ2n) is 4.57. The summed E-state index contributed by atoms with van der Waals surface area (Å²) in [5, 5.41) is 10.4. The molecule has 1 aliphatic carbocycles. The maximum atomic E-state index is 10.4. The fourth-order valence-corrected chi connectivity index (χ4v) is 2.61. The van der Waals surface area contributed by atoms with Crippen LogP contribution in [-0.4, -0.2) is 19.6 Å². The summed E-state index contributed by atoms with van der Waals surface area (Å²) in [5.41, 5.74) is 3.16. The molecule has 1 aliphatic rings. The molecule has 2 heterocycles. The van der Waals surface area contributed by atoms with Crippen molar-refractivity contribution in [1.82, 2.24) is 14.5 Å². The molecule has 0 saturated heterocycles. The first kappa shape index (κ1) is 10.5. The fraction of sp³-hybridized carbons (Fsp3) is 0.385. The van der Waals surface area contributed by atoms with Crippen LogP contribution in [0.15, 0.2) is 30.9 Å². The molecule has 88 valence electrons. The first-order valence-corrected chi connectivity index (χ1v) is 5.85. The molecule has 1 N–H and O–H groups in total. The molecule has 0 spiro atoms. The van der Waals surface area contributed by atoms with Crippen LogP contribution in [0.2, 0.25) is 0 Å². The van der Waals surface area contributed by atoms with E-state index in [4.69, 9.17) is 0 Å². The Hall–Kier alpha value is -1.68. The van der Waals surface area contributed by atoms with Crippen LogP contribution in [0, 0.1) is 0 Å². The van der Waals surface area contributed by atoms with Gasteiger partial charge in [0.05, 0.1) is 18.2 Å². The van der Waals surface area contributed by atoms with E-state index in [1.807, 2.05) is 17.7 Å². The number of hydrogen-bond acceptors (Lipinski definition) is 3. The van der Waals surface area contributed by atoms with Crippen molar-refractivity contribution in [2.24, 2.45) is 7.05 Å². The van der Waals surface area contributed by atoms with Gasteiger partial charge in [0.1, 0.15) is 6.10 Å². The van der Waals surface area contributed by atoms with E-state index >= 15 is 0 Å². The van der Waals surface area contributed by atoms with Crippen LogP contribution >= 0.6 is 0 Å². The average Bonchev–Trinajstić information content (AvgIpc) is 2.94. The molecule has 0 amide bonds. The number of pyridine rings is 1. The van der Waals surface area contributed by atoms with Crippen LogP contribution < -0.4 is 0 Å². The zero-order valence-corrected chi connectivity index (χ0v) is 9.74. The summed E-state index contributed by atoms with van der Waals surface area (Å²) in [6.45, 7) is 0. The quantitative estimate of drug-likeness (QED) is 0.850. The number of aliphatic hydroxyl groups is 1. The molecule has 4 heteroatoms.